The molecule has 0 unspecified atom stereocenters. The van der Waals surface area contributed by atoms with Crippen molar-refractivity contribution in [2.45, 2.75) is 38.3 Å². The summed E-state index contributed by atoms with van der Waals surface area (Å²) in [7, 11) is 3.49. The van der Waals surface area contributed by atoms with Crippen molar-refractivity contribution in [3.05, 3.63) is 82.0 Å². The Morgan fingerprint density at radius 3 is 2.64 bits per heavy atom. The molecule has 1 amide bonds. The van der Waals surface area contributed by atoms with Crippen molar-refractivity contribution in [1.29, 1.82) is 0 Å². The Morgan fingerprint density at radius 1 is 1.19 bits per heavy atom. The van der Waals surface area contributed by atoms with Crippen LogP contribution >= 0.6 is 0 Å². The fourth-order valence-corrected chi connectivity index (χ4v) is 4.55. The summed E-state index contributed by atoms with van der Waals surface area (Å²) in [6, 6.07) is 13.2. The first-order valence-corrected chi connectivity index (χ1v) is 12.0. The monoisotopic (exact) mass is 491 g/mol. The summed E-state index contributed by atoms with van der Waals surface area (Å²) in [5, 5.41) is 5.30. The molecule has 3 aromatic rings. The van der Waals surface area contributed by atoms with Gasteiger partial charge in [-0.25, -0.2) is 13.9 Å². The number of nitrogens with zero attached hydrogens (tertiary/aromatic N) is 3. The first-order valence-electron chi connectivity index (χ1n) is 12.0. The topological polar surface area (TPSA) is 96.3 Å². The van der Waals surface area contributed by atoms with Crippen LogP contribution in [0.25, 0.3) is 11.3 Å². The maximum absolute atomic E-state index is 13.6. The molecule has 1 aliphatic carbocycles. The number of amides is 1. The van der Waals surface area contributed by atoms with Gasteiger partial charge in [0.15, 0.2) is 5.82 Å². The highest BCUT2D eigenvalue weighted by Gasteiger charge is 2.27. The Bertz CT molecular complexity index is 1320. The van der Waals surface area contributed by atoms with Crippen molar-refractivity contribution in [2.24, 2.45) is 0 Å². The molecule has 2 aromatic carbocycles. The molecule has 188 valence electrons. The molecule has 0 fully saturated rings. The molecule has 0 radical (unpaired) electrons. The van der Waals surface area contributed by atoms with E-state index in [0.29, 0.717) is 5.56 Å². The number of aromatic nitrogens is 2. The molecule has 36 heavy (non-hydrogen) atoms. The minimum atomic E-state index is -0.740. The minimum absolute atomic E-state index is 0.0303. The molecule has 1 aromatic heterocycles. The minimum Gasteiger partial charge on any atom is -0.309 e. The Kier molecular flexibility index (Phi) is 7.71. The number of likely N-dealkylation sites (N-methyl/N-ethyl adjacent to an activating group) is 2. The van der Waals surface area contributed by atoms with Gasteiger partial charge in [0.05, 0.1) is 24.5 Å². The van der Waals surface area contributed by atoms with E-state index in [1.807, 2.05) is 24.1 Å². The number of hydrogen-bond donors (Lipinski definition) is 2. The second kappa shape index (κ2) is 10.9. The van der Waals surface area contributed by atoms with Crippen LogP contribution in [0.4, 0.5) is 10.2 Å². The number of carbonyl (C=O) groups is 2. The molecule has 8 nitrogen and oxygen atoms in total. The van der Waals surface area contributed by atoms with Crippen molar-refractivity contribution < 1.29 is 14.0 Å². The third kappa shape index (κ3) is 5.27. The number of anilines is 1. The standard InChI is InChI=1S/C27H30FN5O3/c1-17(29-2)26(35)31-25-27(36)33(23(15-30-25)19-11-13-20(28)14-12-19)24(34)16-32(3)22-10-6-8-18-7-4-5-9-21(18)22/h4-5,7,9,11-15,17,22,29H,6,8,10,16H2,1-3H3,(H,30,31,35)/t17-,22+/m0/s1. The van der Waals surface area contributed by atoms with Crippen molar-refractivity contribution in [2.75, 3.05) is 26.0 Å². The lowest BCUT2D eigenvalue weighted by molar-refractivity contribution is -0.117. The van der Waals surface area contributed by atoms with E-state index >= 15 is 0 Å². The van der Waals surface area contributed by atoms with Gasteiger partial charge in [-0.15, -0.1) is 0 Å². The number of fused-ring (bicyclic) bond motifs is 1. The molecule has 0 spiro atoms. The lowest BCUT2D eigenvalue weighted by Gasteiger charge is -2.33. The molecule has 0 aliphatic heterocycles. The van der Waals surface area contributed by atoms with Crippen LogP contribution in [0.1, 0.15) is 41.7 Å². The second-order valence-corrected chi connectivity index (χ2v) is 9.05. The fourth-order valence-electron chi connectivity index (χ4n) is 4.55. The molecule has 0 bridgehead atoms. The van der Waals surface area contributed by atoms with Crippen LogP contribution in [0, 0.1) is 5.82 Å². The van der Waals surface area contributed by atoms with Crippen LogP contribution in [0.15, 0.2) is 59.5 Å². The van der Waals surface area contributed by atoms with Crippen LogP contribution < -0.4 is 16.2 Å². The van der Waals surface area contributed by atoms with Crippen LogP contribution in [-0.4, -0.2) is 52.9 Å². The lowest BCUT2D eigenvalue weighted by atomic mass is 9.87. The van der Waals surface area contributed by atoms with E-state index < -0.39 is 29.2 Å². The third-order valence-electron chi connectivity index (χ3n) is 6.67. The van der Waals surface area contributed by atoms with Crippen molar-refractivity contribution in [3.63, 3.8) is 0 Å². The maximum atomic E-state index is 13.6. The third-order valence-corrected chi connectivity index (χ3v) is 6.67. The molecule has 1 aliphatic rings. The van der Waals surface area contributed by atoms with Gasteiger partial charge in [-0.05, 0) is 75.7 Å². The Morgan fingerprint density at radius 2 is 1.92 bits per heavy atom. The molecule has 2 atom stereocenters. The Balaban J connectivity index is 1.70. The van der Waals surface area contributed by atoms with Gasteiger partial charge in [0, 0.05) is 11.6 Å². The van der Waals surface area contributed by atoms with E-state index in [2.05, 4.69) is 27.8 Å². The summed E-state index contributed by atoms with van der Waals surface area (Å²) in [4.78, 5) is 45.5. The lowest BCUT2D eigenvalue weighted by Crippen LogP contribution is -2.41. The average molecular weight is 492 g/mol. The van der Waals surface area contributed by atoms with Crippen LogP contribution in [-0.2, 0) is 11.2 Å². The molecule has 2 N–H and O–H groups in total. The summed E-state index contributed by atoms with van der Waals surface area (Å²) in [6.45, 7) is 1.61. The van der Waals surface area contributed by atoms with Gasteiger partial charge < -0.3 is 10.6 Å². The molecular formula is C27H30FN5O3. The first kappa shape index (κ1) is 25.4. The zero-order valence-corrected chi connectivity index (χ0v) is 20.6. The van der Waals surface area contributed by atoms with Gasteiger partial charge in [-0.3, -0.25) is 19.3 Å². The van der Waals surface area contributed by atoms with Crippen LogP contribution in [0.3, 0.4) is 0 Å². The van der Waals surface area contributed by atoms with Gasteiger partial charge in [0.2, 0.25) is 11.8 Å². The zero-order chi connectivity index (χ0) is 25.8. The largest absolute Gasteiger partial charge is 0.309 e. The number of hydrogen-bond acceptors (Lipinski definition) is 6. The molecule has 9 heteroatoms. The van der Waals surface area contributed by atoms with Crippen molar-refractivity contribution >= 4 is 17.6 Å². The normalized spacial score (nSPS) is 15.9. The van der Waals surface area contributed by atoms with E-state index in [1.54, 1.807) is 14.0 Å². The Hall–Kier alpha value is -3.69. The summed E-state index contributed by atoms with van der Waals surface area (Å²) in [5.41, 5.74) is 2.40. The van der Waals surface area contributed by atoms with Gasteiger partial charge >= 0.3 is 5.56 Å². The smallest absolute Gasteiger partial charge is 0.301 e. The van der Waals surface area contributed by atoms with Crippen LogP contribution in [0.2, 0.25) is 0 Å². The highest BCUT2D eigenvalue weighted by Crippen LogP contribution is 2.33. The number of carbonyl (C=O) groups excluding carboxylic acids is 2. The molecule has 0 saturated heterocycles. The van der Waals surface area contributed by atoms with E-state index in [1.165, 1.54) is 41.6 Å². The van der Waals surface area contributed by atoms with Crippen molar-refractivity contribution in [3.8, 4) is 11.3 Å². The SMILES string of the molecule is CN[C@@H](C)C(=O)Nc1ncc(-c2ccc(F)cc2)n(C(=O)CN(C)[C@@H]2CCCc3ccccc32)c1=O. The second-order valence-electron chi connectivity index (χ2n) is 9.05. The van der Waals surface area contributed by atoms with Crippen molar-refractivity contribution in [1.82, 2.24) is 19.8 Å². The summed E-state index contributed by atoms with van der Waals surface area (Å²) in [6.07, 6.45) is 4.26. The van der Waals surface area contributed by atoms with E-state index in [9.17, 15) is 18.8 Å². The number of rotatable bonds is 7. The Labute approximate surface area is 209 Å². The van der Waals surface area contributed by atoms with Gasteiger partial charge in [0.1, 0.15) is 5.82 Å². The highest BCUT2D eigenvalue weighted by molar-refractivity contribution is 5.94. The molecule has 0 saturated carbocycles. The average Bonchev–Trinajstić information content (AvgIpc) is 2.89. The zero-order valence-electron chi connectivity index (χ0n) is 20.6. The quantitative estimate of drug-likeness (QED) is 0.527. The van der Waals surface area contributed by atoms with E-state index in [-0.39, 0.29) is 24.1 Å². The molecule has 1 heterocycles. The van der Waals surface area contributed by atoms with E-state index in [4.69, 9.17) is 0 Å². The predicted molar refractivity (Wildman–Crippen MR) is 136 cm³/mol. The van der Waals surface area contributed by atoms with Gasteiger partial charge in [0.25, 0.3) is 0 Å². The summed E-state index contributed by atoms with van der Waals surface area (Å²) in [5.74, 6) is -1.60. The summed E-state index contributed by atoms with van der Waals surface area (Å²) >= 11 is 0. The predicted octanol–water partition coefficient (Wildman–Crippen LogP) is 3.25. The maximum Gasteiger partial charge on any atom is 0.301 e. The molecular weight excluding hydrogens is 461 g/mol. The number of benzene rings is 2. The number of nitrogens with one attached hydrogen (secondary N) is 2. The fraction of sp³-hybridized carbons (Fsp3) is 0.333. The van der Waals surface area contributed by atoms with Gasteiger partial charge in [-0.1, -0.05) is 24.3 Å². The summed E-state index contributed by atoms with van der Waals surface area (Å²) < 4.78 is 14.6. The van der Waals surface area contributed by atoms with Crippen LogP contribution in [0.5, 0.6) is 0 Å². The molecule has 4 rings (SSSR count). The van der Waals surface area contributed by atoms with Gasteiger partial charge in [-0.2, -0.15) is 0 Å². The number of aryl methyl sites for hydroxylation is 1. The highest BCUT2D eigenvalue weighted by atomic mass is 19.1. The number of halogens is 1. The van der Waals surface area contributed by atoms with E-state index in [0.717, 1.165) is 23.8 Å². The first-order chi connectivity index (χ1) is 17.3.